The Bertz CT molecular complexity index is 2360. The number of carbonyl (C=O) groups excluding carboxylic acids is 1. The molecule has 0 spiro atoms. The Kier molecular flexibility index (Phi) is 24.3. The lowest BCUT2D eigenvalue weighted by Gasteiger charge is -2.33. The van der Waals surface area contributed by atoms with E-state index >= 15 is 0 Å². The van der Waals surface area contributed by atoms with Crippen LogP contribution in [0.3, 0.4) is 0 Å². The van der Waals surface area contributed by atoms with Crippen LogP contribution in [0, 0.1) is 0 Å². The summed E-state index contributed by atoms with van der Waals surface area (Å²) in [6, 6.07) is 70.5. The van der Waals surface area contributed by atoms with Crippen LogP contribution in [0.2, 0.25) is 0 Å². The molecular formula is C61H69NO8. The summed E-state index contributed by atoms with van der Waals surface area (Å²) in [6.07, 6.45) is -0.0398. The second-order valence-corrected chi connectivity index (χ2v) is 16.9. The zero-order chi connectivity index (χ0) is 48.7. The lowest BCUT2D eigenvalue weighted by atomic mass is 10.0. The molecule has 0 heterocycles. The maximum atomic E-state index is 12.0. The van der Waals surface area contributed by atoms with Crippen molar-refractivity contribution in [2.75, 3.05) is 6.54 Å². The molecule has 0 aliphatic heterocycles. The predicted octanol–water partition coefficient (Wildman–Crippen LogP) is 12.2. The maximum Gasteiger partial charge on any atom is 0.151 e. The number of hydrogen-bond acceptors (Lipinski definition) is 9. The largest absolute Gasteiger partial charge is 0.371 e. The van der Waals surface area contributed by atoms with Gasteiger partial charge in [0, 0.05) is 0 Å². The van der Waals surface area contributed by atoms with Gasteiger partial charge in [-0.25, -0.2) is 0 Å². The Labute approximate surface area is 415 Å². The van der Waals surface area contributed by atoms with Crippen molar-refractivity contribution in [1.29, 1.82) is 0 Å². The van der Waals surface area contributed by atoms with Crippen molar-refractivity contribution >= 4 is 6.29 Å². The number of aldehydes is 1. The quantitative estimate of drug-likeness (QED) is 0.0269. The van der Waals surface area contributed by atoms with E-state index in [1.165, 1.54) is 0 Å². The first-order valence-electron chi connectivity index (χ1n) is 24.4. The first kappa shape index (κ1) is 53.2. The number of nitrogens with one attached hydrogen (secondary N) is 1. The third-order valence-corrected chi connectivity index (χ3v) is 11.6. The second kappa shape index (κ2) is 31.9. The third kappa shape index (κ3) is 19.4. The number of benzene rings is 7. The summed E-state index contributed by atoms with van der Waals surface area (Å²) in [5.41, 5.74) is 10.7. The number of rotatable bonds is 30. The minimum atomic E-state index is -0.732. The van der Waals surface area contributed by atoms with Crippen molar-refractivity contribution in [2.24, 2.45) is 0 Å². The maximum absolute atomic E-state index is 12.0. The molecule has 9 heteroatoms. The van der Waals surface area contributed by atoms with Gasteiger partial charge in [-0.2, -0.15) is 5.48 Å². The van der Waals surface area contributed by atoms with E-state index in [1.807, 2.05) is 183 Å². The molecular weight excluding hydrogens is 875 g/mol. The summed E-state index contributed by atoms with van der Waals surface area (Å²) >= 11 is 0. The van der Waals surface area contributed by atoms with Gasteiger partial charge in [0.1, 0.15) is 24.4 Å². The predicted molar refractivity (Wildman–Crippen MR) is 276 cm³/mol. The molecule has 0 aromatic heterocycles. The van der Waals surface area contributed by atoms with Crippen LogP contribution in [0.1, 0.15) is 65.6 Å². The molecule has 6 atom stereocenters. The van der Waals surface area contributed by atoms with Crippen molar-refractivity contribution in [3.8, 4) is 0 Å². The topological polar surface area (TPSA) is 93.7 Å². The lowest BCUT2D eigenvalue weighted by Crippen LogP contribution is -2.47. The van der Waals surface area contributed by atoms with Crippen LogP contribution >= 0.6 is 0 Å². The number of hydroxylamine groups is 1. The van der Waals surface area contributed by atoms with Crippen molar-refractivity contribution < 1.29 is 38.1 Å². The van der Waals surface area contributed by atoms with E-state index in [1.54, 1.807) is 0 Å². The van der Waals surface area contributed by atoms with Crippen LogP contribution in [0.5, 0.6) is 0 Å². The Morgan fingerprint density at radius 1 is 0.343 bits per heavy atom. The Balaban J connectivity index is 0.000000236. The first-order valence-corrected chi connectivity index (χ1v) is 24.4. The van der Waals surface area contributed by atoms with E-state index in [0.29, 0.717) is 59.2 Å². The van der Waals surface area contributed by atoms with E-state index in [-0.39, 0.29) is 24.4 Å². The minimum Gasteiger partial charge on any atom is -0.371 e. The molecule has 7 aromatic rings. The molecule has 0 saturated heterocycles. The minimum absolute atomic E-state index is 0.175. The molecule has 0 saturated carbocycles. The van der Waals surface area contributed by atoms with Gasteiger partial charge in [-0.15, -0.1) is 0 Å². The lowest BCUT2D eigenvalue weighted by molar-refractivity contribution is -0.159. The highest BCUT2D eigenvalue weighted by Crippen LogP contribution is 2.22. The summed E-state index contributed by atoms with van der Waals surface area (Å²) in [5.74, 6) is 0. The molecule has 0 amide bonds. The monoisotopic (exact) mass is 944 g/mol. The summed E-state index contributed by atoms with van der Waals surface area (Å²) in [7, 11) is 0. The molecule has 0 aliphatic carbocycles. The summed E-state index contributed by atoms with van der Waals surface area (Å²) in [4.78, 5) is 17.8. The molecule has 7 aromatic carbocycles. The highest BCUT2D eigenvalue weighted by atomic mass is 16.6. The summed E-state index contributed by atoms with van der Waals surface area (Å²) in [5, 5.41) is 0. The summed E-state index contributed by atoms with van der Waals surface area (Å²) < 4.78 is 38.0. The Hall–Kier alpha value is -6.11. The smallest absolute Gasteiger partial charge is 0.151 e. The number of hydrogen-bond donors (Lipinski definition) is 1. The number of ether oxygens (including phenoxy) is 6. The fourth-order valence-corrected chi connectivity index (χ4v) is 7.72. The molecule has 0 aliphatic rings. The van der Waals surface area contributed by atoms with Crippen LogP contribution in [0.25, 0.3) is 0 Å². The fraction of sp³-hybridized carbons (Fsp3) is 0.295. The van der Waals surface area contributed by atoms with Crippen molar-refractivity contribution in [1.82, 2.24) is 5.48 Å². The van der Waals surface area contributed by atoms with Crippen LogP contribution in [-0.4, -0.2) is 49.5 Å². The van der Waals surface area contributed by atoms with Crippen molar-refractivity contribution in [2.45, 2.75) is 110 Å². The highest BCUT2D eigenvalue weighted by molar-refractivity contribution is 5.57. The molecule has 0 bridgehead atoms. The third-order valence-electron chi connectivity index (χ3n) is 11.6. The van der Waals surface area contributed by atoms with Crippen LogP contribution in [0.4, 0.5) is 0 Å². The second-order valence-electron chi connectivity index (χ2n) is 16.9. The van der Waals surface area contributed by atoms with E-state index in [4.69, 9.17) is 33.3 Å². The average Bonchev–Trinajstić information content (AvgIpc) is 3.43. The van der Waals surface area contributed by atoms with Crippen LogP contribution in [0.15, 0.2) is 212 Å². The molecule has 0 fully saturated rings. The highest BCUT2D eigenvalue weighted by Gasteiger charge is 2.33. The van der Waals surface area contributed by atoms with Gasteiger partial charge in [-0.3, -0.25) is 4.84 Å². The van der Waals surface area contributed by atoms with E-state index in [0.717, 1.165) is 51.7 Å². The van der Waals surface area contributed by atoms with E-state index < -0.39 is 12.2 Å². The zero-order valence-corrected chi connectivity index (χ0v) is 40.6. The van der Waals surface area contributed by atoms with Crippen LogP contribution < -0.4 is 5.48 Å². The van der Waals surface area contributed by atoms with Gasteiger partial charge in [0.15, 0.2) is 6.29 Å². The van der Waals surface area contributed by atoms with Gasteiger partial charge < -0.3 is 33.2 Å². The normalized spacial score (nSPS) is 13.7. The Morgan fingerprint density at radius 3 is 0.943 bits per heavy atom. The molecule has 70 heavy (non-hydrogen) atoms. The molecule has 366 valence electrons. The average molecular weight is 944 g/mol. The van der Waals surface area contributed by atoms with Gasteiger partial charge in [-0.1, -0.05) is 226 Å². The summed E-state index contributed by atoms with van der Waals surface area (Å²) in [6.45, 7) is 7.69. The first-order chi connectivity index (χ1) is 34.6. The van der Waals surface area contributed by atoms with Crippen molar-refractivity contribution in [3.05, 3.63) is 251 Å². The molecule has 7 rings (SSSR count). The SMILES string of the molecule is CC[C@@H](OCc1ccccc1)[C@@H](OCc1ccccc1)[C@H](C=O)OCc1ccccc1.CC[C@@H](OCc1ccccc1)[C@@H](OCc1ccccc1)[C@H](CNOCc1ccccc1)OCc1ccccc1. The number of carbonyl (C=O) groups is 1. The van der Waals surface area contributed by atoms with E-state index in [9.17, 15) is 4.79 Å². The standard InChI is InChI=1S/C34H39NO4.C27H30O4/c1-2-32(36-24-28-15-7-3-8-16-28)34(38-26-30-19-11-5-12-20-30)33(37-25-29-17-9-4-10-18-29)23-35-39-27-31-21-13-6-14-22-31;1-2-25(29-19-22-12-6-3-7-13-22)27(31-21-24-16-10-5-11-17-24)26(18-28)30-20-23-14-8-4-9-15-23/h3-22,32-35H,2,23-27H2,1H3;3-18,25-27H,2,19-21H2,1H3/t32-,33+,34-;25-,26+,27-/m11/s1. The van der Waals surface area contributed by atoms with E-state index in [2.05, 4.69) is 48.8 Å². The van der Waals surface area contributed by atoms with Gasteiger partial charge in [0.2, 0.25) is 0 Å². The molecule has 0 radical (unpaired) electrons. The molecule has 9 nitrogen and oxygen atoms in total. The van der Waals surface area contributed by atoms with Gasteiger partial charge >= 0.3 is 0 Å². The van der Waals surface area contributed by atoms with Crippen molar-refractivity contribution in [3.63, 3.8) is 0 Å². The zero-order valence-electron chi connectivity index (χ0n) is 40.6. The molecule has 0 unspecified atom stereocenters. The van der Waals surface area contributed by atoms with Gasteiger partial charge in [0.05, 0.1) is 65.0 Å². The van der Waals surface area contributed by atoms with Gasteiger partial charge in [-0.05, 0) is 51.8 Å². The van der Waals surface area contributed by atoms with Gasteiger partial charge in [0.25, 0.3) is 0 Å². The van der Waals surface area contributed by atoms with Crippen LogP contribution in [-0.2, 0) is 84.3 Å². The fourth-order valence-electron chi connectivity index (χ4n) is 7.72. The molecule has 1 N–H and O–H groups in total. The Morgan fingerprint density at radius 2 is 0.614 bits per heavy atom.